The van der Waals surface area contributed by atoms with E-state index in [0.717, 1.165) is 29.5 Å². The molecule has 2 fully saturated rings. The van der Waals surface area contributed by atoms with E-state index in [4.69, 9.17) is 0 Å². The molecule has 1 N–H and O–H groups in total. The lowest BCUT2D eigenvalue weighted by Gasteiger charge is -2.34. The van der Waals surface area contributed by atoms with Crippen molar-refractivity contribution in [2.45, 2.75) is 38.5 Å². The van der Waals surface area contributed by atoms with Crippen LogP contribution in [0.2, 0.25) is 0 Å². The Balaban J connectivity index is 1.41. The standard InChI is InChI=1S/C22H27N3O4S2/c1-14-4-7-18(12-15(14)2)31(28,29)25-10-8-24(9-11-25)22(27)20-16(3)13-19(30-20)23-21(26)17-5-6-17/h4,7,12-13,17H,5-6,8-11H2,1-3H3,(H,23,26). The molecule has 9 heteroatoms. The van der Waals surface area contributed by atoms with Gasteiger partial charge in [0.2, 0.25) is 15.9 Å². The van der Waals surface area contributed by atoms with E-state index in [2.05, 4.69) is 5.32 Å². The molecule has 0 atom stereocenters. The van der Waals surface area contributed by atoms with Crippen LogP contribution in [0.5, 0.6) is 0 Å². The minimum absolute atomic E-state index is 0.0189. The molecule has 2 aliphatic rings. The van der Waals surface area contributed by atoms with Crippen LogP contribution in [0.3, 0.4) is 0 Å². The monoisotopic (exact) mass is 461 g/mol. The molecular weight excluding hydrogens is 434 g/mol. The number of benzene rings is 1. The number of sulfonamides is 1. The number of nitrogens with one attached hydrogen (secondary N) is 1. The zero-order valence-corrected chi connectivity index (χ0v) is 19.6. The maximum absolute atomic E-state index is 13.0. The van der Waals surface area contributed by atoms with E-state index in [1.807, 2.05) is 32.9 Å². The third-order valence-electron chi connectivity index (χ3n) is 5.95. The van der Waals surface area contributed by atoms with E-state index in [9.17, 15) is 18.0 Å². The first kappa shape index (κ1) is 22.0. The average Bonchev–Trinajstić information content (AvgIpc) is 3.53. The molecule has 2 heterocycles. The number of carbonyl (C=O) groups is 2. The molecule has 1 saturated heterocycles. The van der Waals surface area contributed by atoms with Gasteiger partial charge in [0, 0.05) is 32.1 Å². The van der Waals surface area contributed by atoms with Gasteiger partial charge in [0.05, 0.1) is 14.8 Å². The predicted molar refractivity (Wildman–Crippen MR) is 121 cm³/mol. The lowest BCUT2D eigenvalue weighted by atomic mass is 10.1. The number of rotatable bonds is 5. The van der Waals surface area contributed by atoms with E-state index >= 15 is 0 Å². The maximum Gasteiger partial charge on any atom is 0.264 e. The minimum Gasteiger partial charge on any atom is -0.335 e. The van der Waals surface area contributed by atoms with Crippen LogP contribution in [-0.4, -0.2) is 55.6 Å². The number of carbonyl (C=O) groups excluding carboxylic acids is 2. The number of amides is 2. The number of piperazine rings is 1. The van der Waals surface area contributed by atoms with Crippen LogP contribution in [0.25, 0.3) is 0 Å². The SMILES string of the molecule is Cc1ccc(S(=O)(=O)N2CCN(C(=O)c3sc(NC(=O)C4CC4)cc3C)CC2)cc1C. The van der Waals surface area contributed by atoms with Gasteiger partial charge < -0.3 is 10.2 Å². The van der Waals surface area contributed by atoms with Crippen molar-refractivity contribution in [2.75, 3.05) is 31.5 Å². The summed E-state index contributed by atoms with van der Waals surface area (Å²) in [5.74, 6) is 0.0111. The molecule has 2 amide bonds. The van der Waals surface area contributed by atoms with Crippen molar-refractivity contribution in [3.8, 4) is 0 Å². The number of nitrogens with zero attached hydrogens (tertiary/aromatic N) is 2. The summed E-state index contributed by atoms with van der Waals surface area (Å²) in [4.78, 5) is 27.6. The highest BCUT2D eigenvalue weighted by Crippen LogP contribution is 2.33. The first-order chi connectivity index (χ1) is 14.7. The maximum atomic E-state index is 13.0. The summed E-state index contributed by atoms with van der Waals surface area (Å²) in [5, 5.41) is 3.59. The average molecular weight is 462 g/mol. The Morgan fingerprint density at radius 3 is 2.26 bits per heavy atom. The van der Waals surface area contributed by atoms with E-state index in [1.165, 1.54) is 15.6 Å². The molecule has 0 radical (unpaired) electrons. The van der Waals surface area contributed by atoms with Gasteiger partial charge in [-0.25, -0.2) is 8.42 Å². The van der Waals surface area contributed by atoms with Crippen molar-refractivity contribution in [2.24, 2.45) is 5.92 Å². The van der Waals surface area contributed by atoms with E-state index in [0.29, 0.717) is 27.9 Å². The Hall–Kier alpha value is -2.23. The van der Waals surface area contributed by atoms with Crippen molar-refractivity contribution >= 4 is 38.2 Å². The molecule has 166 valence electrons. The molecule has 1 aliphatic heterocycles. The highest BCUT2D eigenvalue weighted by atomic mass is 32.2. The van der Waals surface area contributed by atoms with E-state index in [1.54, 1.807) is 17.0 Å². The first-order valence-electron chi connectivity index (χ1n) is 10.4. The molecule has 7 nitrogen and oxygen atoms in total. The Morgan fingerprint density at radius 2 is 1.65 bits per heavy atom. The lowest BCUT2D eigenvalue weighted by molar-refractivity contribution is -0.117. The third kappa shape index (κ3) is 4.53. The normalized spacial score (nSPS) is 17.6. The second-order valence-electron chi connectivity index (χ2n) is 8.33. The zero-order valence-electron chi connectivity index (χ0n) is 18.0. The molecule has 0 spiro atoms. The summed E-state index contributed by atoms with van der Waals surface area (Å²) in [5.41, 5.74) is 2.81. The summed E-state index contributed by atoms with van der Waals surface area (Å²) in [6.45, 7) is 6.90. The lowest BCUT2D eigenvalue weighted by Crippen LogP contribution is -2.50. The smallest absolute Gasteiger partial charge is 0.264 e. The fourth-order valence-corrected chi connectivity index (χ4v) is 6.18. The number of hydrogen-bond donors (Lipinski definition) is 1. The molecule has 0 bridgehead atoms. The van der Waals surface area contributed by atoms with E-state index < -0.39 is 10.0 Å². The Kier molecular flexibility index (Phi) is 5.93. The summed E-state index contributed by atoms with van der Waals surface area (Å²) >= 11 is 1.29. The quantitative estimate of drug-likeness (QED) is 0.741. The van der Waals surface area contributed by atoms with Gasteiger partial charge >= 0.3 is 0 Å². The molecule has 0 unspecified atom stereocenters. The van der Waals surface area contributed by atoms with Gasteiger partial charge in [0.1, 0.15) is 0 Å². The van der Waals surface area contributed by atoms with Gasteiger partial charge in [-0.2, -0.15) is 4.31 Å². The highest BCUT2D eigenvalue weighted by Gasteiger charge is 2.32. The Bertz CT molecular complexity index is 1130. The topological polar surface area (TPSA) is 86.8 Å². The Labute approximate surface area is 187 Å². The molecule has 1 aromatic carbocycles. The summed E-state index contributed by atoms with van der Waals surface area (Å²) < 4.78 is 27.5. The van der Waals surface area contributed by atoms with Crippen molar-refractivity contribution in [3.05, 3.63) is 45.8 Å². The summed E-state index contributed by atoms with van der Waals surface area (Å²) in [6, 6.07) is 7.00. The van der Waals surface area contributed by atoms with Gasteiger partial charge in [-0.05, 0) is 68.5 Å². The second kappa shape index (κ2) is 8.37. The van der Waals surface area contributed by atoms with Crippen molar-refractivity contribution in [1.29, 1.82) is 0 Å². The van der Waals surface area contributed by atoms with Crippen molar-refractivity contribution in [3.63, 3.8) is 0 Å². The van der Waals surface area contributed by atoms with Crippen molar-refractivity contribution in [1.82, 2.24) is 9.21 Å². The van der Waals surface area contributed by atoms with Crippen LogP contribution < -0.4 is 5.32 Å². The molecular formula is C22H27N3O4S2. The zero-order chi connectivity index (χ0) is 22.3. The first-order valence-corrected chi connectivity index (χ1v) is 12.7. The fraction of sp³-hybridized carbons (Fsp3) is 0.455. The second-order valence-corrected chi connectivity index (χ2v) is 11.3. The van der Waals surface area contributed by atoms with Gasteiger partial charge in [-0.1, -0.05) is 6.07 Å². The number of anilines is 1. The third-order valence-corrected chi connectivity index (χ3v) is 8.98. The molecule has 4 rings (SSSR count). The van der Waals surface area contributed by atoms with Crippen LogP contribution in [-0.2, 0) is 14.8 Å². The van der Waals surface area contributed by atoms with Gasteiger partial charge in [-0.3, -0.25) is 9.59 Å². The van der Waals surface area contributed by atoms with Gasteiger partial charge in [0.25, 0.3) is 5.91 Å². The van der Waals surface area contributed by atoms with Crippen LogP contribution >= 0.6 is 11.3 Å². The molecule has 1 aromatic heterocycles. The van der Waals surface area contributed by atoms with Crippen LogP contribution in [0, 0.1) is 26.7 Å². The highest BCUT2D eigenvalue weighted by molar-refractivity contribution is 7.89. The largest absolute Gasteiger partial charge is 0.335 e. The minimum atomic E-state index is -3.58. The molecule has 2 aromatic rings. The molecule has 1 aliphatic carbocycles. The predicted octanol–water partition coefficient (Wildman–Crippen LogP) is 3.17. The van der Waals surface area contributed by atoms with Gasteiger partial charge in [-0.15, -0.1) is 11.3 Å². The number of hydrogen-bond acceptors (Lipinski definition) is 5. The van der Waals surface area contributed by atoms with Gasteiger partial charge in [0.15, 0.2) is 0 Å². The van der Waals surface area contributed by atoms with Crippen molar-refractivity contribution < 1.29 is 18.0 Å². The van der Waals surface area contributed by atoms with Crippen LogP contribution in [0.1, 0.15) is 39.2 Å². The molecule has 31 heavy (non-hydrogen) atoms. The number of thiophene rings is 1. The van der Waals surface area contributed by atoms with E-state index in [-0.39, 0.29) is 30.8 Å². The van der Waals surface area contributed by atoms with Crippen LogP contribution in [0.15, 0.2) is 29.2 Å². The summed E-state index contributed by atoms with van der Waals surface area (Å²) in [7, 11) is -3.58. The van der Waals surface area contributed by atoms with Crippen LogP contribution in [0.4, 0.5) is 5.00 Å². The molecule has 1 saturated carbocycles. The number of aryl methyl sites for hydroxylation is 3. The Morgan fingerprint density at radius 1 is 0.968 bits per heavy atom. The fourth-order valence-electron chi connectivity index (χ4n) is 3.62. The summed E-state index contributed by atoms with van der Waals surface area (Å²) in [6.07, 6.45) is 1.86.